The summed E-state index contributed by atoms with van der Waals surface area (Å²) in [5, 5.41) is 7.37. The number of nitrogens with zero attached hydrogens (tertiary/aromatic N) is 4. The fourth-order valence-corrected chi connectivity index (χ4v) is 4.21. The van der Waals surface area contributed by atoms with Gasteiger partial charge in [0.25, 0.3) is 5.92 Å². The minimum atomic E-state index is -2.53. The predicted octanol–water partition coefficient (Wildman–Crippen LogP) is 5.52. The van der Waals surface area contributed by atoms with Gasteiger partial charge in [-0.3, -0.25) is 9.58 Å². The molecule has 0 amide bonds. The highest BCUT2D eigenvalue weighted by Crippen LogP contribution is 2.38. The van der Waals surface area contributed by atoms with Crippen LogP contribution in [0, 0.1) is 5.82 Å². The van der Waals surface area contributed by atoms with Crippen molar-refractivity contribution in [3.05, 3.63) is 78.0 Å². The summed E-state index contributed by atoms with van der Waals surface area (Å²) < 4.78 is 42.8. The second kappa shape index (κ2) is 8.19. The number of rotatable bonds is 6. The second-order valence-corrected chi connectivity index (χ2v) is 8.64. The number of benzene rings is 2. The number of aryl methyl sites for hydroxylation is 1. The molecule has 2 aliphatic rings. The number of halogens is 3. The fraction of sp³-hybridized carbons (Fsp3) is 0.280. The Morgan fingerprint density at radius 3 is 2.52 bits per heavy atom. The molecule has 3 aromatic rings. The molecular formula is C25H24F3N5. The molecule has 0 spiro atoms. The molecule has 0 unspecified atom stereocenters. The molecule has 0 aliphatic carbocycles. The van der Waals surface area contributed by atoms with E-state index >= 15 is 0 Å². The molecule has 0 saturated carbocycles. The highest BCUT2D eigenvalue weighted by atomic mass is 19.3. The maximum Gasteiger partial charge on any atom is 0.250 e. The third-order valence-electron chi connectivity index (χ3n) is 6.12. The van der Waals surface area contributed by atoms with Crippen LogP contribution in [0.4, 0.5) is 24.5 Å². The lowest BCUT2D eigenvalue weighted by Crippen LogP contribution is -2.38. The van der Waals surface area contributed by atoms with Crippen LogP contribution >= 0.6 is 0 Å². The topological polar surface area (TPSA) is 45.4 Å². The largest absolute Gasteiger partial charge is 0.354 e. The van der Waals surface area contributed by atoms with Gasteiger partial charge in [-0.15, -0.1) is 0 Å². The van der Waals surface area contributed by atoms with Crippen LogP contribution in [0.1, 0.15) is 24.0 Å². The van der Waals surface area contributed by atoms with Gasteiger partial charge in [0, 0.05) is 74.2 Å². The van der Waals surface area contributed by atoms with Crippen molar-refractivity contribution in [2.45, 2.75) is 25.3 Å². The summed E-state index contributed by atoms with van der Waals surface area (Å²) >= 11 is 0. The molecule has 0 atom stereocenters. The van der Waals surface area contributed by atoms with Crippen molar-refractivity contribution in [2.75, 3.05) is 18.4 Å². The number of hydrogen-bond donors (Lipinski definition) is 1. The quantitative estimate of drug-likeness (QED) is 0.537. The maximum atomic E-state index is 14.5. The predicted molar refractivity (Wildman–Crippen MR) is 123 cm³/mol. The van der Waals surface area contributed by atoms with Crippen molar-refractivity contribution in [1.29, 1.82) is 0 Å². The van der Waals surface area contributed by atoms with Crippen molar-refractivity contribution in [3.63, 3.8) is 0 Å². The van der Waals surface area contributed by atoms with Crippen LogP contribution in [0.5, 0.6) is 0 Å². The molecule has 33 heavy (non-hydrogen) atoms. The van der Waals surface area contributed by atoms with E-state index in [9.17, 15) is 13.2 Å². The highest BCUT2D eigenvalue weighted by molar-refractivity contribution is 6.23. The molecule has 5 nitrogen and oxygen atoms in total. The Morgan fingerprint density at radius 2 is 1.85 bits per heavy atom. The molecule has 1 saturated heterocycles. The molecule has 0 radical (unpaired) electrons. The van der Waals surface area contributed by atoms with Crippen LogP contribution in [0.3, 0.4) is 0 Å². The van der Waals surface area contributed by atoms with E-state index in [-0.39, 0.29) is 18.7 Å². The molecule has 1 aromatic heterocycles. The summed E-state index contributed by atoms with van der Waals surface area (Å²) in [6.07, 6.45) is 3.24. The van der Waals surface area contributed by atoms with E-state index in [0.29, 0.717) is 47.9 Å². The Labute approximate surface area is 190 Å². The van der Waals surface area contributed by atoms with E-state index in [4.69, 9.17) is 0 Å². The molecule has 170 valence electrons. The van der Waals surface area contributed by atoms with E-state index in [2.05, 4.69) is 26.9 Å². The first-order valence-corrected chi connectivity index (χ1v) is 10.8. The van der Waals surface area contributed by atoms with Crippen molar-refractivity contribution < 1.29 is 13.2 Å². The van der Waals surface area contributed by atoms with Crippen molar-refractivity contribution in [1.82, 2.24) is 14.7 Å². The summed E-state index contributed by atoms with van der Waals surface area (Å²) in [6, 6.07) is 11.0. The number of allylic oxidation sites excluding steroid dienone is 1. The molecule has 8 heteroatoms. The Morgan fingerprint density at radius 1 is 1.12 bits per heavy atom. The van der Waals surface area contributed by atoms with Gasteiger partial charge in [-0.25, -0.2) is 18.2 Å². The lowest BCUT2D eigenvalue weighted by atomic mass is 9.95. The number of aliphatic imine (C=N–C) groups is 1. The molecule has 5 rings (SSSR count). The molecule has 1 fully saturated rings. The average molecular weight is 451 g/mol. The van der Waals surface area contributed by atoms with E-state index in [0.717, 1.165) is 16.8 Å². The third kappa shape index (κ3) is 4.43. The number of fused-ring (bicyclic) bond motifs is 1. The number of alkyl halides is 2. The molecule has 3 heterocycles. The van der Waals surface area contributed by atoms with Gasteiger partial charge in [0.05, 0.1) is 23.3 Å². The summed E-state index contributed by atoms with van der Waals surface area (Å²) in [4.78, 5) is 6.47. The van der Waals surface area contributed by atoms with Gasteiger partial charge in [-0.2, -0.15) is 5.10 Å². The van der Waals surface area contributed by atoms with Crippen LogP contribution in [0.15, 0.2) is 66.1 Å². The molecule has 2 aromatic carbocycles. The van der Waals surface area contributed by atoms with E-state index in [1.807, 2.05) is 24.3 Å². The molecule has 0 bridgehead atoms. The molecule has 2 aliphatic heterocycles. The zero-order valence-corrected chi connectivity index (χ0v) is 18.3. The Kier molecular flexibility index (Phi) is 5.32. The monoisotopic (exact) mass is 451 g/mol. The first kappa shape index (κ1) is 21.5. The minimum Gasteiger partial charge on any atom is -0.354 e. The van der Waals surface area contributed by atoms with Crippen LogP contribution in [0.25, 0.3) is 11.1 Å². The van der Waals surface area contributed by atoms with Gasteiger partial charge in [-0.05, 0) is 23.8 Å². The number of likely N-dealkylation sites (tertiary alicyclic amines) is 1. The third-order valence-corrected chi connectivity index (χ3v) is 6.12. The molecule has 1 N–H and O–H groups in total. The fourth-order valence-electron chi connectivity index (χ4n) is 4.21. The number of hydrogen-bond acceptors (Lipinski definition) is 4. The Balaban J connectivity index is 1.23. The zero-order valence-electron chi connectivity index (χ0n) is 18.3. The number of aromatic nitrogens is 2. The summed E-state index contributed by atoms with van der Waals surface area (Å²) in [5.74, 6) is -2.87. The standard InChI is InChI=1S/C25H24F3N5/c1-16(24-21-11-20(18-13-29-32(2)15-18)22(26)12-23(21)31-24)30-19-5-3-17(4-6-19)14-33-9-7-25(27,28)8-10-33/h3-6,11-13,15,30H,1,7-10,14H2,2H3. The lowest BCUT2D eigenvalue weighted by Gasteiger charge is -2.31. The van der Waals surface area contributed by atoms with Gasteiger partial charge in [0.2, 0.25) is 0 Å². The molecular weight excluding hydrogens is 427 g/mol. The van der Waals surface area contributed by atoms with E-state index < -0.39 is 5.92 Å². The van der Waals surface area contributed by atoms with Crippen molar-refractivity contribution in [3.8, 4) is 11.1 Å². The van der Waals surface area contributed by atoms with Crippen LogP contribution < -0.4 is 5.32 Å². The highest BCUT2D eigenvalue weighted by Gasteiger charge is 2.33. The van der Waals surface area contributed by atoms with Gasteiger partial charge < -0.3 is 5.32 Å². The van der Waals surface area contributed by atoms with Gasteiger partial charge in [0.15, 0.2) is 0 Å². The second-order valence-electron chi connectivity index (χ2n) is 8.64. The first-order valence-electron chi connectivity index (χ1n) is 10.8. The van der Waals surface area contributed by atoms with Gasteiger partial charge >= 0.3 is 0 Å². The number of piperidine rings is 1. The Hall–Kier alpha value is -3.39. The van der Waals surface area contributed by atoms with Crippen molar-refractivity contribution in [2.24, 2.45) is 12.0 Å². The summed E-state index contributed by atoms with van der Waals surface area (Å²) in [5.41, 5.74) is 5.84. The first-order chi connectivity index (χ1) is 15.8. The average Bonchev–Trinajstić information content (AvgIpc) is 3.19. The van der Waals surface area contributed by atoms with Gasteiger partial charge in [-0.1, -0.05) is 18.7 Å². The summed E-state index contributed by atoms with van der Waals surface area (Å²) in [7, 11) is 1.79. The van der Waals surface area contributed by atoms with E-state index in [1.54, 1.807) is 30.2 Å². The Bertz CT molecular complexity index is 1230. The zero-order chi connectivity index (χ0) is 23.2. The SMILES string of the molecule is C=C(Nc1ccc(CN2CCC(F)(F)CC2)cc1)C1=Nc2cc(F)c(-c3cnn(C)c3)cc21. The number of anilines is 1. The smallest absolute Gasteiger partial charge is 0.250 e. The van der Waals surface area contributed by atoms with Gasteiger partial charge in [0.1, 0.15) is 5.82 Å². The summed E-state index contributed by atoms with van der Waals surface area (Å²) in [6.45, 7) is 5.57. The van der Waals surface area contributed by atoms with Crippen LogP contribution in [-0.4, -0.2) is 39.4 Å². The number of nitrogens with one attached hydrogen (secondary N) is 1. The van der Waals surface area contributed by atoms with Crippen LogP contribution in [-0.2, 0) is 13.6 Å². The lowest BCUT2D eigenvalue weighted by molar-refractivity contribution is -0.0566. The van der Waals surface area contributed by atoms with E-state index in [1.165, 1.54) is 6.07 Å². The minimum absolute atomic E-state index is 0.0809. The van der Waals surface area contributed by atoms with Crippen molar-refractivity contribution >= 4 is 17.1 Å². The normalized spacial score (nSPS) is 17.2. The maximum absolute atomic E-state index is 14.5. The van der Waals surface area contributed by atoms with Crippen LogP contribution in [0.2, 0.25) is 0 Å².